The van der Waals surface area contributed by atoms with E-state index in [1.54, 1.807) is 6.92 Å². The summed E-state index contributed by atoms with van der Waals surface area (Å²) in [6.45, 7) is 5.80. The minimum Gasteiger partial charge on any atom is -0.382 e. The van der Waals surface area contributed by atoms with Crippen molar-refractivity contribution in [3.05, 3.63) is 11.7 Å². The van der Waals surface area contributed by atoms with E-state index in [2.05, 4.69) is 15.5 Å². The van der Waals surface area contributed by atoms with Gasteiger partial charge in [-0.3, -0.25) is 9.69 Å². The van der Waals surface area contributed by atoms with E-state index in [9.17, 15) is 9.59 Å². The molecule has 1 atom stereocenters. The average Bonchev–Trinajstić information content (AvgIpc) is 2.88. The highest BCUT2D eigenvalue weighted by Gasteiger charge is 2.48. The number of hydrogen-bond donors (Lipinski definition) is 1. The summed E-state index contributed by atoms with van der Waals surface area (Å²) in [6, 6.07) is -0.477. The van der Waals surface area contributed by atoms with Gasteiger partial charge in [-0.1, -0.05) is 19.0 Å². The Bertz CT molecular complexity index is 542. The van der Waals surface area contributed by atoms with Gasteiger partial charge in [0.25, 0.3) is 5.91 Å². The molecule has 0 aliphatic carbocycles. The second kappa shape index (κ2) is 5.80. The molecule has 116 valence electrons. The first-order valence-electron chi connectivity index (χ1n) is 6.80. The van der Waals surface area contributed by atoms with Crippen molar-refractivity contribution in [3.8, 4) is 0 Å². The molecule has 0 aromatic carbocycles. The van der Waals surface area contributed by atoms with Gasteiger partial charge in [0.05, 0.1) is 13.2 Å². The number of carbonyl (C=O) groups is 2. The fraction of sp³-hybridized carbons (Fsp3) is 0.692. The number of rotatable bonds is 6. The van der Waals surface area contributed by atoms with Crippen molar-refractivity contribution >= 4 is 11.9 Å². The lowest BCUT2D eigenvalue weighted by atomic mass is 10.0. The summed E-state index contributed by atoms with van der Waals surface area (Å²) in [6.07, 6.45) is 0.661. The minimum absolute atomic E-state index is 0.00837. The Labute approximate surface area is 122 Å². The van der Waals surface area contributed by atoms with Crippen LogP contribution in [0.25, 0.3) is 0 Å². The lowest BCUT2D eigenvalue weighted by Crippen LogP contribution is -2.47. The van der Waals surface area contributed by atoms with Crippen LogP contribution in [0.15, 0.2) is 4.52 Å². The van der Waals surface area contributed by atoms with E-state index in [0.29, 0.717) is 24.1 Å². The first kappa shape index (κ1) is 15.4. The van der Waals surface area contributed by atoms with Gasteiger partial charge >= 0.3 is 6.03 Å². The highest BCUT2D eigenvalue weighted by Crippen LogP contribution is 2.19. The first-order valence-corrected chi connectivity index (χ1v) is 6.80. The van der Waals surface area contributed by atoms with E-state index in [0.717, 1.165) is 4.90 Å². The zero-order valence-electron chi connectivity index (χ0n) is 12.7. The summed E-state index contributed by atoms with van der Waals surface area (Å²) in [5.74, 6) is 0.854. The number of urea groups is 1. The summed E-state index contributed by atoms with van der Waals surface area (Å²) in [7, 11) is 1.48. The maximum Gasteiger partial charge on any atom is 0.325 e. The van der Waals surface area contributed by atoms with Crippen molar-refractivity contribution < 1.29 is 18.8 Å². The maximum atomic E-state index is 12.3. The summed E-state index contributed by atoms with van der Waals surface area (Å²) in [5, 5.41) is 6.42. The van der Waals surface area contributed by atoms with Gasteiger partial charge in [-0.15, -0.1) is 0 Å². The fourth-order valence-corrected chi connectivity index (χ4v) is 2.21. The number of methoxy groups -OCH3 is 1. The number of aromatic nitrogens is 2. The van der Waals surface area contributed by atoms with Crippen molar-refractivity contribution in [1.29, 1.82) is 0 Å². The van der Waals surface area contributed by atoms with Crippen molar-refractivity contribution in [1.82, 2.24) is 20.4 Å². The normalized spacial score (nSPS) is 22.2. The van der Waals surface area contributed by atoms with Crippen LogP contribution in [-0.4, -0.2) is 46.2 Å². The monoisotopic (exact) mass is 296 g/mol. The Morgan fingerprint density at radius 1 is 1.43 bits per heavy atom. The first-order chi connectivity index (χ1) is 9.85. The van der Waals surface area contributed by atoms with E-state index in [1.165, 1.54) is 7.11 Å². The predicted molar refractivity (Wildman–Crippen MR) is 72.2 cm³/mol. The largest absolute Gasteiger partial charge is 0.382 e. The number of carbonyl (C=O) groups excluding carboxylic acids is 2. The van der Waals surface area contributed by atoms with Crippen LogP contribution < -0.4 is 5.32 Å². The number of nitrogens with one attached hydrogen (secondary N) is 1. The van der Waals surface area contributed by atoms with Gasteiger partial charge in [-0.25, -0.2) is 4.79 Å². The molecule has 21 heavy (non-hydrogen) atoms. The molecule has 1 aromatic rings. The van der Waals surface area contributed by atoms with Crippen LogP contribution in [0.4, 0.5) is 4.79 Å². The number of nitrogens with zero attached hydrogens (tertiary/aromatic N) is 3. The smallest absolute Gasteiger partial charge is 0.325 e. The molecule has 1 N–H and O–H groups in total. The Kier molecular flexibility index (Phi) is 4.26. The molecule has 2 heterocycles. The third-order valence-electron chi connectivity index (χ3n) is 3.17. The van der Waals surface area contributed by atoms with Crippen LogP contribution in [-0.2, 0) is 22.5 Å². The Morgan fingerprint density at radius 3 is 2.76 bits per heavy atom. The SMILES string of the molecule is COC[C@]1(C)NC(=O)N(Cc2noc(CC(C)C)n2)C1=O. The third kappa shape index (κ3) is 3.21. The Hall–Kier alpha value is -1.96. The predicted octanol–water partition coefficient (Wildman–Crippen LogP) is 0.725. The van der Waals surface area contributed by atoms with Crippen molar-refractivity contribution in [2.45, 2.75) is 39.3 Å². The lowest BCUT2D eigenvalue weighted by Gasteiger charge is -2.19. The Balaban J connectivity index is 2.07. The minimum atomic E-state index is -1.05. The quantitative estimate of drug-likeness (QED) is 0.777. The molecule has 0 radical (unpaired) electrons. The molecule has 0 saturated carbocycles. The van der Waals surface area contributed by atoms with Gasteiger partial charge in [0.2, 0.25) is 5.89 Å². The molecule has 2 rings (SSSR count). The number of imide groups is 1. The van der Waals surface area contributed by atoms with Gasteiger partial charge < -0.3 is 14.6 Å². The third-order valence-corrected chi connectivity index (χ3v) is 3.17. The van der Waals surface area contributed by atoms with Crippen LogP contribution in [0.3, 0.4) is 0 Å². The van der Waals surface area contributed by atoms with Gasteiger partial charge in [0.1, 0.15) is 5.54 Å². The molecule has 8 nitrogen and oxygen atoms in total. The molecule has 0 unspecified atom stereocenters. The molecule has 8 heteroatoms. The molecule has 1 fully saturated rings. The topological polar surface area (TPSA) is 97.6 Å². The number of amides is 3. The molecule has 1 aliphatic rings. The molecule has 1 aliphatic heterocycles. The van der Waals surface area contributed by atoms with Crippen molar-refractivity contribution in [3.63, 3.8) is 0 Å². The van der Waals surface area contributed by atoms with E-state index in [1.807, 2.05) is 13.8 Å². The molecular weight excluding hydrogens is 276 g/mol. The molecule has 1 saturated heterocycles. The van der Waals surface area contributed by atoms with E-state index < -0.39 is 11.6 Å². The van der Waals surface area contributed by atoms with Crippen LogP contribution >= 0.6 is 0 Å². The van der Waals surface area contributed by atoms with Crippen LogP contribution in [0.1, 0.15) is 32.5 Å². The van der Waals surface area contributed by atoms with Gasteiger partial charge in [0, 0.05) is 13.5 Å². The highest BCUT2D eigenvalue weighted by molar-refractivity contribution is 6.06. The highest BCUT2D eigenvalue weighted by atomic mass is 16.5. The molecule has 0 spiro atoms. The van der Waals surface area contributed by atoms with E-state index >= 15 is 0 Å². The van der Waals surface area contributed by atoms with E-state index in [4.69, 9.17) is 9.26 Å². The molecular formula is C13H20N4O4. The fourth-order valence-electron chi connectivity index (χ4n) is 2.21. The molecule has 0 bridgehead atoms. The average molecular weight is 296 g/mol. The number of ether oxygens (including phenoxy) is 1. The summed E-state index contributed by atoms with van der Waals surface area (Å²) >= 11 is 0. The van der Waals surface area contributed by atoms with Crippen molar-refractivity contribution in [2.24, 2.45) is 5.92 Å². The molecule has 3 amide bonds. The van der Waals surface area contributed by atoms with Crippen LogP contribution in [0, 0.1) is 5.92 Å². The molecule has 1 aromatic heterocycles. The summed E-state index contributed by atoms with van der Waals surface area (Å²) in [4.78, 5) is 29.5. The second-order valence-corrected chi connectivity index (χ2v) is 5.79. The van der Waals surface area contributed by atoms with Gasteiger partial charge in [0.15, 0.2) is 5.82 Å². The maximum absolute atomic E-state index is 12.3. The standard InChI is InChI=1S/C13H20N4O4/c1-8(2)5-10-14-9(16-21-10)6-17-11(18)13(3,7-20-4)15-12(17)19/h8H,5-7H2,1-4H3,(H,15,19)/t13-/m0/s1. The number of hydrogen-bond acceptors (Lipinski definition) is 6. The lowest BCUT2D eigenvalue weighted by molar-refractivity contribution is -0.132. The summed E-state index contributed by atoms with van der Waals surface area (Å²) < 4.78 is 10.1. The summed E-state index contributed by atoms with van der Waals surface area (Å²) in [5.41, 5.74) is -1.05. The van der Waals surface area contributed by atoms with Crippen molar-refractivity contribution in [2.75, 3.05) is 13.7 Å². The van der Waals surface area contributed by atoms with E-state index in [-0.39, 0.29) is 19.1 Å². The zero-order chi connectivity index (χ0) is 15.6. The van der Waals surface area contributed by atoms with Gasteiger partial charge in [-0.05, 0) is 12.8 Å². The van der Waals surface area contributed by atoms with Crippen LogP contribution in [0.2, 0.25) is 0 Å². The van der Waals surface area contributed by atoms with Gasteiger partial charge in [-0.2, -0.15) is 4.98 Å². The van der Waals surface area contributed by atoms with Crippen LogP contribution in [0.5, 0.6) is 0 Å². The second-order valence-electron chi connectivity index (χ2n) is 5.79. The Morgan fingerprint density at radius 2 is 2.14 bits per heavy atom. The zero-order valence-corrected chi connectivity index (χ0v) is 12.7.